The molecule has 0 bridgehead atoms. The van der Waals surface area contributed by atoms with Crippen LogP contribution in [0.15, 0.2) is 0 Å². The molecule has 0 spiro atoms. The van der Waals surface area contributed by atoms with Crippen LogP contribution in [0.4, 0.5) is 0 Å². The SMILES string of the molecule is NCC1CCCCC1.[Pt+2]. The number of hydrogen-bond acceptors (Lipinski definition) is 1. The maximum Gasteiger partial charge on any atom is 2.00 e. The first kappa shape index (κ1) is 9.65. The molecule has 0 unspecified atom stereocenters. The van der Waals surface area contributed by atoms with Gasteiger partial charge in [-0.25, -0.2) is 0 Å². The molecule has 0 atom stereocenters. The third kappa shape index (κ3) is 3.37. The fraction of sp³-hybridized carbons (Fsp3) is 1.00. The van der Waals surface area contributed by atoms with Crippen LogP contribution in [0.1, 0.15) is 32.1 Å². The fourth-order valence-electron chi connectivity index (χ4n) is 1.42. The van der Waals surface area contributed by atoms with E-state index in [0.29, 0.717) is 0 Å². The van der Waals surface area contributed by atoms with E-state index in [1.807, 2.05) is 0 Å². The first-order valence-electron chi connectivity index (χ1n) is 3.63. The zero-order valence-corrected chi connectivity index (χ0v) is 7.99. The average molecular weight is 308 g/mol. The molecule has 0 radical (unpaired) electrons. The van der Waals surface area contributed by atoms with Gasteiger partial charge < -0.3 is 5.73 Å². The summed E-state index contributed by atoms with van der Waals surface area (Å²) in [6, 6.07) is 0. The van der Waals surface area contributed by atoms with Crippen LogP contribution < -0.4 is 5.73 Å². The smallest absolute Gasteiger partial charge is 0.330 e. The Bertz CT molecular complexity index is 59.9. The van der Waals surface area contributed by atoms with E-state index in [9.17, 15) is 0 Å². The molecule has 1 nitrogen and oxygen atoms in total. The maximum atomic E-state index is 5.50. The van der Waals surface area contributed by atoms with E-state index in [-0.39, 0.29) is 21.1 Å². The average Bonchev–Trinajstić information content (AvgIpc) is 1.90. The Kier molecular flexibility index (Phi) is 5.83. The summed E-state index contributed by atoms with van der Waals surface area (Å²) in [6.07, 6.45) is 7.05. The van der Waals surface area contributed by atoms with E-state index >= 15 is 0 Å². The number of rotatable bonds is 1. The predicted octanol–water partition coefficient (Wildman–Crippen LogP) is 1.52. The molecule has 1 rings (SSSR count). The van der Waals surface area contributed by atoms with Gasteiger partial charge in [-0.15, -0.1) is 0 Å². The largest absolute Gasteiger partial charge is 2.00 e. The van der Waals surface area contributed by atoms with Crippen molar-refractivity contribution in [2.24, 2.45) is 11.7 Å². The standard InChI is InChI=1S/C7H15N.Pt/c8-6-7-4-2-1-3-5-7;/h7H,1-6,8H2;/q;+2. The second-order valence-corrected chi connectivity index (χ2v) is 2.74. The van der Waals surface area contributed by atoms with Gasteiger partial charge in [-0.3, -0.25) is 0 Å². The van der Waals surface area contributed by atoms with Crippen LogP contribution in [-0.2, 0) is 21.1 Å². The summed E-state index contributed by atoms with van der Waals surface area (Å²) in [5.41, 5.74) is 5.50. The van der Waals surface area contributed by atoms with Gasteiger partial charge in [0.05, 0.1) is 0 Å². The molecule has 56 valence electrons. The third-order valence-electron chi connectivity index (χ3n) is 2.06. The molecule has 1 aliphatic carbocycles. The van der Waals surface area contributed by atoms with Gasteiger partial charge in [-0.05, 0) is 25.3 Å². The Balaban J connectivity index is 0.000000640. The Hall–Kier alpha value is 0.648. The molecule has 9 heavy (non-hydrogen) atoms. The summed E-state index contributed by atoms with van der Waals surface area (Å²) in [5, 5.41) is 0. The first-order chi connectivity index (χ1) is 3.93. The van der Waals surface area contributed by atoms with Crippen molar-refractivity contribution in [3.05, 3.63) is 0 Å². The van der Waals surface area contributed by atoms with Crippen LogP contribution >= 0.6 is 0 Å². The molecule has 0 aliphatic heterocycles. The van der Waals surface area contributed by atoms with Gasteiger partial charge in [0.15, 0.2) is 0 Å². The Morgan fingerprint density at radius 1 is 1.11 bits per heavy atom. The van der Waals surface area contributed by atoms with Crippen LogP contribution in [0.5, 0.6) is 0 Å². The molecule has 0 aromatic rings. The fourth-order valence-corrected chi connectivity index (χ4v) is 1.42. The quantitative estimate of drug-likeness (QED) is 0.781. The molecular weight excluding hydrogens is 293 g/mol. The van der Waals surface area contributed by atoms with Gasteiger partial charge in [0, 0.05) is 0 Å². The van der Waals surface area contributed by atoms with E-state index in [1.54, 1.807) is 0 Å². The molecule has 1 fully saturated rings. The first-order valence-corrected chi connectivity index (χ1v) is 3.63. The second kappa shape index (κ2) is 5.43. The number of nitrogens with two attached hydrogens (primary N) is 1. The maximum absolute atomic E-state index is 5.50. The van der Waals surface area contributed by atoms with Gasteiger partial charge in [-0.2, -0.15) is 0 Å². The van der Waals surface area contributed by atoms with Crippen molar-refractivity contribution in [3.63, 3.8) is 0 Å². The summed E-state index contributed by atoms with van der Waals surface area (Å²) < 4.78 is 0. The van der Waals surface area contributed by atoms with Gasteiger partial charge >= 0.3 is 21.1 Å². The van der Waals surface area contributed by atoms with Crippen LogP contribution in [0.2, 0.25) is 0 Å². The van der Waals surface area contributed by atoms with Crippen molar-refractivity contribution >= 4 is 0 Å². The van der Waals surface area contributed by atoms with Crippen molar-refractivity contribution in [3.8, 4) is 0 Å². The van der Waals surface area contributed by atoms with Gasteiger partial charge in [-0.1, -0.05) is 19.3 Å². The zero-order chi connectivity index (χ0) is 5.82. The normalized spacial score (nSPS) is 21.0. The number of hydrogen-bond donors (Lipinski definition) is 1. The summed E-state index contributed by atoms with van der Waals surface area (Å²) in [4.78, 5) is 0. The summed E-state index contributed by atoms with van der Waals surface area (Å²) in [7, 11) is 0. The molecule has 0 aromatic carbocycles. The van der Waals surface area contributed by atoms with Crippen molar-refractivity contribution < 1.29 is 21.1 Å². The van der Waals surface area contributed by atoms with Gasteiger partial charge in [0.1, 0.15) is 0 Å². The van der Waals surface area contributed by atoms with Crippen molar-refractivity contribution in [1.29, 1.82) is 0 Å². The van der Waals surface area contributed by atoms with Gasteiger partial charge in [0.2, 0.25) is 0 Å². The minimum atomic E-state index is 0. The Labute approximate surface area is 71.7 Å². The minimum absolute atomic E-state index is 0. The topological polar surface area (TPSA) is 26.0 Å². The van der Waals surface area contributed by atoms with Crippen molar-refractivity contribution in [1.82, 2.24) is 0 Å². The van der Waals surface area contributed by atoms with Crippen LogP contribution in [-0.4, -0.2) is 6.54 Å². The van der Waals surface area contributed by atoms with Crippen LogP contribution in [0.3, 0.4) is 0 Å². The van der Waals surface area contributed by atoms with E-state index < -0.39 is 0 Å². The summed E-state index contributed by atoms with van der Waals surface area (Å²) in [5.74, 6) is 0.865. The molecule has 0 aromatic heterocycles. The van der Waals surface area contributed by atoms with Crippen molar-refractivity contribution in [2.45, 2.75) is 32.1 Å². The van der Waals surface area contributed by atoms with Crippen LogP contribution in [0, 0.1) is 5.92 Å². The van der Waals surface area contributed by atoms with Crippen LogP contribution in [0.25, 0.3) is 0 Å². The molecular formula is C7H15NPt+2. The van der Waals surface area contributed by atoms with E-state index in [2.05, 4.69) is 0 Å². The third-order valence-corrected chi connectivity index (χ3v) is 2.06. The zero-order valence-electron chi connectivity index (χ0n) is 5.71. The minimum Gasteiger partial charge on any atom is -0.330 e. The molecule has 0 saturated heterocycles. The Morgan fingerprint density at radius 3 is 2.00 bits per heavy atom. The predicted molar refractivity (Wildman–Crippen MR) is 35.6 cm³/mol. The molecule has 2 N–H and O–H groups in total. The molecule has 2 heteroatoms. The Morgan fingerprint density at radius 2 is 1.67 bits per heavy atom. The van der Waals surface area contributed by atoms with E-state index in [1.165, 1.54) is 32.1 Å². The second-order valence-electron chi connectivity index (χ2n) is 2.74. The van der Waals surface area contributed by atoms with E-state index in [0.717, 1.165) is 12.5 Å². The molecule has 0 heterocycles. The summed E-state index contributed by atoms with van der Waals surface area (Å²) in [6.45, 7) is 0.917. The van der Waals surface area contributed by atoms with E-state index in [4.69, 9.17) is 5.73 Å². The molecule has 0 amide bonds. The monoisotopic (exact) mass is 308 g/mol. The molecule has 1 saturated carbocycles. The van der Waals surface area contributed by atoms with Gasteiger partial charge in [0.25, 0.3) is 0 Å². The van der Waals surface area contributed by atoms with Crippen molar-refractivity contribution in [2.75, 3.05) is 6.54 Å². The molecule has 1 aliphatic rings. The summed E-state index contributed by atoms with van der Waals surface area (Å²) >= 11 is 0.